The highest BCUT2D eigenvalue weighted by molar-refractivity contribution is 5.78. The normalized spacial score (nSPS) is 13.7. The lowest BCUT2D eigenvalue weighted by Crippen LogP contribution is -2.46. The summed E-state index contributed by atoms with van der Waals surface area (Å²) in [5, 5.41) is 23.7. The van der Waals surface area contributed by atoms with Crippen molar-refractivity contribution >= 4 is 11.9 Å². The molecule has 360 valence electrons. The van der Waals surface area contributed by atoms with Crippen LogP contribution in [-0.4, -0.2) is 46.9 Å². The second-order valence-corrected chi connectivity index (χ2v) is 17.9. The van der Waals surface area contributed by atoms with Crippen LogP contribution in [0.15, 0.2) is 60.8 Å². The molecule has 0 aliphatic carbocycles. The van der Waals surface area contributed by atoms with Crippen LogP contribution >= 0.6 is 0 Å². The average Bonchev–Trinajstić information content (AvgIpc) is 3.26. The van der Waals surface area contributed by atoms with Gasteiger partial charge in [-0.3, -0.25) is 9.59 Å². The molecule has 6 heteroatoms. The van der Waals surface area contributed by atoms with Crippen LogP contribution < -0.4 is 5.32 Å². The number of amides is 1. The highest BCUT2D eigenvalue weighted by Gasteiger charge is 2.23. The van der Waals surface area contributed by atoms with Crippen LogP contribution in [0, 0.1) is 0 Å². The van der Waals surface area contributed by atoms with E-state index in [1.54, 1.807) is 6.08 Å². The van der Waals surface area contributed by atoms with Gasteiger partial charge in [0.1, 0.15) is 6.10 Å². The van der Waals surface area contributed by atoms with Gasteiger partial charge in [0.2, 0.25) is 5.91 Å². The lowest BCUT2D eigenvalue weighted by Gasteiger charge is -2.23. The molecule has 3 N–H and O–H groups in total. The number of allylic oxidation sites excluding steroid dienone is 9. The van der Waals surface area contributed by atoms with Crippen LogP contribution in [0.1, 0.15) is 258 Å². The summed E-state index contributed by atoms with van der Waals surface area (Å²) in [6.45, 7) is 6.34. The lowest BCUT2D eigenvalue weighted by molar-refractivity contribution is -0.148. The fourth-order valence-corrected chi connectivity index (χ4v) is 7.86. The summed E-state index contributed by atoms with van der Waals surface area (Å²) >= 11 is 0. The van der Waals surface area contributed by atoms with Crippen molar-refractivity contribution in [1.29, 1.82) is 0 Å². The fraction of sp³-hybridized carbons (Fsp3) is 0.786. The van der Waals surface area contributed by atoms with Crippen molar-refractivity contribution in [1.82, 2.24) is 5.32 Å². The lowest BCUT2D eigenvalue weighted by atomic mass is 10.0. The first kappa shape index (κ1) is 59.6. The van der Waals surface area contributed by atoms with E-state index in [1.165, 1.54) is 148 Å². The monoisotopic (exact) mass is 868 g/mol. The number of esters is 1. The zero-order chi connectivity index (χ0) is 45.2. The molecule has 0 fully saturated rings. The molecule has 0 rings (SSSR count). The molecular formula is C56H101NO5. The van der Waals surface area contributed by atoms with Crippen molar-refractivity contribution in [2.75, 3.05) is 6.61 Å². The molecule has 0 aliphatic heterocycles. The average molecular weight is 868 g/mol. The zero-order valence-electron chi connectivity index (χ0n) is 41.0. The first-order valence-electron chi connectivity index (χ1n) is 26.5. The van der Waals surface area contributed by atoms with Gasteiger partial charge in [-0.2, -0.15) is 0 Å². The Hall–Kier alpha value is -2.44. The molecule has 0 saturated heterocycles. The number of carbonyl (C=O) groups excluding carboxylic acids is 2. The molecule has 0 heterocycles. The van der Waals surface area contributed by atoms with E-state index < -0.39 is 18.2 Å². The van der Waals surface area contributed by atoms with E-state index in [-0.39, 0.29) is 24.9 Å². The molecule has 0 radical (unpaired) electrons. The third kappa shape index (κ3) is 44.2. The van der Waals surface area contributed by atoms with Crippen LogP contribution in [0.25, 0.3) is 0 Å². The third-order valence-electron chi connectivity index (χ3n) is 11.9. The van der Waals surface area contributed by atoms with E-state index in [0.717, 1.165) is 64.2 Å². The third-order valence-corrected chi connectivity index (χ3v) is 11.9. The zero-order valence-corrected chi connectivity index (χ0v) is 41.0. The van der Waals surface area contributed by atoms with E-state index in [4.69, 9.17) is 4.74 Å². The Labute approximate surface area is 384 Å². The van der Waals surface area contributed by atoms with Gasteiger partial charge in [-0.05, 0) is 51.0 Å². The Morgan fingerprint density at radius 1 is 0.484 bits per heavy atom. The van der Waals surface area contributed by atoms with Crippen LogP contribution in [0.2, 0.25) is 0 Å². The number of rotatable bonds is 47. The number of unbranched alkanes of at least 4 members (excludes halogenated alkanes) is 27. The number of ether oxygens (including phenoxy) is 1. The fourth-order valence-electron chi connectivity index (χ4n) is 7.86. The van der Waals surface area contributed by atoms with E-state index in [2.05, 4.69) is 74.7 Å². The molecule has 0 spiro atoms. The Bertz CT molecular complexity index is 1110. The molecule has 0 aromatic rings. The predicted molar refractivity (Wildman–Crippen MR) is 268 cm³/mol. The van der Waals surface area contributed by atoms with Crippen molar-refractivity contribution in [2.45, 2.75) is 277 Å². The van der Waals surface area contributed by atoms with Gasteiger partial charge in [0.15, 0.2) is 0 Å². The molecule has 1 amide bonds. The molecule has 0 bridgehead atoms. The van der Waals surface area contributed by atoms with Gasteiger partial charge in [0.05, 0.1) is 25.2 Å². The van der Waals surface area contributed by atoms with Gasteiger partial charge in [0.25, 0.3) is 0 Å². The molecule has 0 aromatic carbocycles. The first-order valence-corrected chi connectivity index (χ1v) is 26.5. The largest absolute Gasteiger partial charge is 0.458 e. The maximum absolute atomic E-state index is 13.2. The topological polar surface area (TPSA) is 95.9 Å². The van der Waals surface area contributed by atoms with E-state index in [1.807, 2.05) is 6.08 Å². The molecule has 0 saturated carbocycles. The molecular weight excluding hydrogens is 767 g/mol. The highest BCUT2D eigenvalue weighted by Crippen LogP contribution is 2.17. The minimum absolute atomic E-state index is 0.0444. The van der Waals surface area contributed by atoms with Crippen molar-refractivity contribution in [3.8, 4) is 0 Å². The number of hydrogen-bond donors (Lipinski definition) is 3. The molecule has 3 atom stereocenters. The molecule has 62 heavy (non-hydrogen) atoms. The highest BCUT2D eigenvalue weighted by atomic mass is 16.5. The Morgan fingerprint density at radius 3 is 1.23 bits per heavy atom. The molecule has 6 nitrogen and oxygen atoms in total. The number of carbonyl (C=O) groups is 2. The summed E-state index contributed by atoms with van der Waals surface area (Å²) in [5.41, 5.74) is 0. The standard InChI is InChI=1S/C56H101NO5/c1-4-7-10-13-16-19-22-25-27-28-29-31-33-36-39-42-45-48-54(59)53(51-58)57-55(60)50-52(47-44-41-38-35-32-30-26-23-20-17-14-11-8-5-2)62-56(61)49-46-43-40-37-34-24-21-18-15-12-9-6-3/h8,11,17,20,26,30,35,38,44,47,52-54,58-59H,4-7,9-10,12-16,18-19,21-25,27-29,31-34,36-37,39-43,45-46,48-51H2,1-3H3,(H,57,60)/b11-8+,20-17+,30-26+,38-35+,47-44+. The van der Waals surface area contributed by atoms with Gasteiger partial charge in [-0.15, -0.1) is 0 Å². The SMILES string of the molecule is CC/C=C/C/C=C/C/C=C/C/C=C/C/C=C/C(CC(=O)NC(CO)C(O)CCCCCCCCCCCCCCCCCCC)OC(=O)CCCCCCCCCCCCCC. The Morgan fingerprint density at radius 2 is 0.839 bits per heavy atom. The predicted octanol–water partition coefficient (Wildman–Crippen LogP) is 16.0. The van der Waals surface area contributed by atoms with E-state index in [0.29, 0.717) is 19.3 Å². The first-order chi connectivity index (χ1) is 30.5. The second-order valence-electron chi connectivity index (χ2n) is 17.9. The van der Waals surface area contributed by atoms with Crippen molar-refractivity contribution in [3.05, 3.63) is 60.8 Å². The van der Waals surface area contributed by atoms with Crippen LogP contribution in [-0.2, 0) is 14.3 Å². The van der Waals surface area contributed by atoms with Crippen LogP contribution in [0.4, 0.5) is 0 Å². The van der Waals surface area contributed by atoms with E-state index >= 15 is 0 Å². The summed E-state index contributed by atoms with van der Waals surface area (Å²) in [7, 11) is 0. The number of aliphatic hydroxyl groups excluding tert-OH is 2. The summed E-state index contributed by atoms with van der Waals surface area (Å²) in [6.07, 6.45) is 61.7. The van der Waals surface area contributed by atoms with Crippen LogP contribution in [0.5, 0.6) is 0 Å². The second kappa shape index (κ2) is 49.6. The summed E-state index contributed by atoms with van der Waals surface area (Å²) in [5.74, 6) is -0.623. The summed E-state index contributed by atoms with van der Waals surface area (Å²) in [4.78, 5) is 26.1. The Kier molecular flexibility index (Phi) is 47.6. The van der Waals surface area contributed by atoms with Gasteiger partial charge >= 0.3 is 5.97 Å². The maximum Gasteiger partial charge on any atom is 0.306 e. The smallest absolute Gasteiger partial charge is 0.306 e. The number of aliphatic hydroxyl groups is 2. The maximum atomic E-state index is 13.2. The number of nitrogens with one attached hydrogen (secondary N) is 1. The van der Waals surface area contributed by atoms with Gasteiger partial charge in [-0.1, -0.05) is 255 Å². The minimum atomic E-state index is -0.819. The van der Waals surface area contributed by atoms with Gasteiger partial charge in [0, 0.05) is 6.42 Å². The minimum Gasteiger partial charge on any atom is -0.458 e. The molecule has 0 aromatic heterocycles. The Balaban J connectivity index is 4.63. The van der Waals surface area contributed by atoms with E-state index in [9.17, 15) is 19.8 Å². The summed E-state index contributed by atoms with van der Waals surface area (Å²) < 4.78 is 5.82. The molecule has 0 aliphatic rings. The molecule has 3 unspecified atom stereocenters. The summed E-state index contributed by atoms with van der Waals surface area (Å²) in [6, 6.07) is -0.741. The van der Waals surface area contributed by atoms with Crippen molar-refractivity contribution in [3.63, 3.8) is 0 Å². The van der Waals surface area contributed by atoms with Crippen molar-refractivity contribution < 1.29 is 24.5 Å². The van der Waals surface area contributed by atoms with Crippen LogP contribution in [0.3, 0.4) is 0 Å². The van der Waals surface area contributed by atoms with Crippen molar-refractivity contribution in [2.24, 2.45) is 0 Å². The quantitative estimate of drug-likeness (QED) is 0.0322. The number of hydrogen-bond acceptors (Lipinski definition) is 5. The van der Waals surface area contributed by atoms with Gasteiger partial charge < -0.3 is 20.3 Å². The van der Waals surface area contributed by atoms with Gasteiger partial charge in [-0.25, -0.2) is 0 Å².